The lowest BCUT2D eigenvalue weighted by Gasteiger charge is -2.26. The first-order valence-electron chi connectivity index (χ1n) is 8.41. The number of halogens is 1. The van der Waals surface area contributed by atoms with Crippen LogP contribution in [-0.4, -0.2) is 46.7 Å². The minimum absolute atomic E-state index is 0.0132. The van der Waals surface area contributed by atoms with Gasteiger partial charge in [0.1, 0.15) is 23.2 Å². The molecule has 25 heavy (non-hydrogen) atoms. The number of nitrogens with zero attached hydrogens (tertiary/aromatic N) is 1. The molecule has 1 aliphatic rings. The number of amides is 2. The van der Waals surface area contributed by atoms with E-state index in [1.165, 1.54) is 12.1 Å². The standard InChI is InChI=1S/C18H25FN2O4/c1-18(2,3)25-17(24)20-15(16(23)21-8-4-5-9-21)10-12-6-7-13(22)11-14(12)19/h6-7,11,15,22H,4-5,8-10H2,1-3H3,(H,20,24). The molecule has 2 amide bonds. The first kappa shape index (κ1) is 19.0. The highest BCUT2D eigenvalue weighted by molar-refractivity contribution is 5.86. The largest absolute Gasteiger partial charge is 0.508 e. The van der Waals surface area contributed by atoms with E-state index in [9.17, 15) is 19.1 Å². The van der Waals surface area contributed by atoms with Gasteiger partial charge in [-0.05, 0) is 45.2 Å². The molecule has 0 spiro atoms. The maximum atomic E-state index is 14.0. The van der Waals surface area contributed by atoms with Crippen LogP contribution < -0.4 is 5.32 Å². The van der Waals surface area contributed by atoms with Gasteiger partial charge >= 0.3 is 6.09 Å². The van der Waals surface area contributed by atoms with Gasteiger partial charge in [0, 0.05) is 25.6 Å². The topological polar surface area (TPSA) is 78.9 Å². The van der Waals surface area contributed by atoms with Crippen molar-refractivity contribution in [2.24, 2.45) is 0 Å². The summed E-state index contributed by atoms with van der Waals surface area (Å²) in [5.41, 5.74) is -0.457. The number of carbonyl (C=O) groups excluding carboxylic acids is 2. The van der Waals surface area contributed by atoms with Gasteiger partial charge < -0.3 is 20.1 Å². The highest BCUT2D eigenvalue weighted by atomic mass is 19.1. The molecule has 0 radical (unpaired) electrons. The number of likely N-dealkylation sites (tertiary alicyclic amines) is 1. The van der Waals surface area contributed by atoms with Crippen LogP contribution >= 0.6 is 0 Å². The van der Waals surface area contributed by atoms with Gasteiger partial charge in [0.15, 0.2) is 0 Å². The van der Waals surface area contributed by atoms with E-state index in [0.717, 1.165) is 18.9 Å². The number of nitrogens with one attached hydrogen (secondary N) is 1. The molecule has 1 aromatic carbocycles. The van der Waals surface area contributed by atoms with Crippen LogP contribution in [0.25, 0.3) is 0 Å². The summed E-state index contributed by atoms with van der Waals surface area (Å²) < 4.78 is 19.2. The van der Waals surface area contributed by atoms with E-state index in [0.29, 0.717) is 13.1 Å². The second-order valence-corrected chi connectivity index (χ2v) is 7.21. The maximum Gasteiger partial charge on any atom is 0.408 e. The number of phenolic OH excluding ortho intramolecular Hbond substituents is 1. The van der Waals surface area contributed by atoms with E-state index in [1.807, 2.05) is 0 Å². The molecule has 2 rings (SSSR count). The van der Waals surface area contributed by atoms with Crippen LogP contribution in [0.2, 0.25) is 0 Å². The van der Waals surface area contributed by atoms with Crippen molar-refractivity contribution in [1.29, 1.82) is 0 Å². The summed E-state index contributed by atoms with van der Waals surface area (Å²) in [7, 11) is 0. The summed E-state index contributed by atoms with van der Waals surface area (Å²) in [6.07, 6.45) is 1.10. The Kier molecular flexibility index (Phi) is 5.87. The van der Waals surface area contributed by atoms with Crippen LogP contribution in [0.15, 0.2) is 18.2 Å². The highest BCUT2D eigenvalue weighted by Gasteiger charge is 2.30. The average Bonchev–Trinajstić information content (AvgIpc) is 3.00. The van der Waals surface area contributed by atoms with Gasteiger partial charge in [0.05, 0.1) is 0 Å². The first-order valence-corrected chi connectivity index (χ1v) is 8.41. The first-order chi connectivity index (χ1) is 11.7. The lowest BCUT2D eigenvalue weighted by Crippen LogP contribution is -2.50. The van der Waals surface area contributed by atoms with E-state index in [-0.39, 0.29) is 23.6 Å². The number of carbonyl (C=O) groups is 2. The number of phenols is 1. The molecule has 0 saturated carbocycles. The molecule has 1 atom stereocenters. The van der Waals surface area contributed by atoms with Crippen LogP contribution in [0, 0.1) is 5.82 Å². The van der Waals surface area contributed by atoms with Crippen LogP contribution in [0.5, 0.6) is 5.75 Å². The molecule has 1 aromatic rings. The SMILES string of the molecule is CC(C)(C)OC(=O)NC(Cc1ccc(O)cc1F)C(=O)N1CCCC1. The summed E-state index contributed by atoms with van der Waals surface area (Å²) >= 11 is 0. The van der Waals surface area contributed by atoms with Gasteiger partial charge in [-0.25, -0.2) is 9.18 Å². The quantitative estimate of drug-likeness (QED) is 0.873. The fourth-order valence-corrected chi connectivity index (χ4v) is 2.73. The minimum Gasteiger partial charge on any atom is -0.508 e. The predicted octanol–water partition coefficient (Wildman–Crippen LogP) is 2.59. The Bertz CT molecular complexity index is 636. The van der Waals surface area contributed by atoms with Crippen molar-refractivity contribution in [1.82, 2.24) is 10.2 Å². The second-order valence-electron chi connectivity index (χ2n) is 7.21. The monoisotopic (exact) mass is 352 g/mol. The summed E-state index contributed by atoms with van der Waals surface area (Å²) in [5, 5.41) is 11.9. The van der Waals surface area contributed by atoms with Crippen molar-refractivity contribution in [3.63, 3.8) is 0 Å². The predicted molar refractivity (Wildman–Crippen MR) is 90.7 cm³/mol. The van der Waals surface area contributed by atoms with Crippen molar-refractivity contribution >= 4 is 12.0 Å². The molecule has 0 bridgehead atoms. The van der Waals surface area contributed by atoms with Gasteiger partial charge in [0.25, 0.3) is 0 Å². The van der Waals surface area contributed by atoms with Crippen LogP contribution in [0.1, 0.15) is 39.2 Å². The van der Waals surface area contributed by atoms with Crippen molar-refractivity contribution < 1.29 is 23.8 Å². The highest BCUT2D eigenvalue weighted by Crippen LogP contribution is 2.18. The third kappa shape index (κ3) is 5.62. The molecular weight excluding hydrogens is 327 g/mol. The Labute approximate surface area is 147 Å². The molecule has 1 heterocycles. The molecular formula is C18H25FN2O4. The Morgan fingerprint density at radius 1 is 1.32 bits per heavy atom. The molecule has 1 unspecified atom stereocenters. The van der Waals surface area contributed by atoms with Crippen LogP contribution in [0.3, 0.4) is 0 Å². The molecule has 1 fully saturated rings. The minimum atomic E-state index is -0.924. The fraction of sp³-hybridized carbons (Fsp3) is 0.556. The average molecular weight is 352 g/mol. The van der Waals surface area contributed by atoms with Gasteiger partial charge in [-0.2, -0.15) is 0 Å². The number of rotatable bonds is 4. The van der Waals surface area contributed by atoms with E-state index >= 15 is 0 Å². The Balaban J connectivity index is 2.15. The van der Waals surface area contributed by atoms with Crippen molar-refractivity contribution in [3.05, 3.63) is 29.6 Å². The molecule has 7 heteroatoms. The van der Waals surface area contributed by atoms with Crippen LogP contribution in [0.4, 0.5) is 9.18 Å². The molecule has 1 aliphatic heterocycles. The number of hydrogen-bond donors (Lipinski definition) is 2. The van der Waals surface area contributed by atoms with Gasteiger partial charge in [0.2, 0.25) is 5.91 Å². The van der Waals surface area contributed by atoms with E-state index in [4.69, 9.17) is 4.74 Å². The maximum absolute atomic E-state index is 14.0. The molecule has 2 N–H and O–H groups in total. The van der Waals surface area contributed by atoms with E-state index in [2.05, 4.69) is 5.32 Å². The van der Waals surface area contributed by atoms with E-state index in [1.54, 1.807) is 25.7 Å². The van der Waals surface area contributed by atoms with E-state index < -0.39 is 23.6 Å². The Morgan fingerprint density at radius 2 is 1.96 bits per heavy atom. The zero-order valence-corrected chi connectivity index (χ0v) is 14.8. The zero-order valence-electron chi connectivity index (χ0n) is 14.8. The van der Waals surface area contributed by atoms with Crippen LogP contribution in [-0.2, 0) is 16.0 Å². The lowest BCUT2D eigenvalue weighted by molar-refractivity contribution is -0.132. The summed E-state index contributed by atoms with van der Waals surface area (Å²) in [5.74, 6) is -1.06. The molecule has 0 aliphatic carbocycles. The fourth-order valence-electron chi connectivity index (χ4n) is 2.73. The molecule has 138 valence electrons. The zero-order chi connectivity index (χ0) is 18.6. The van der Waals surface area contributed by atoms with Gasteiger partial charge in [-0.15, -0.1) is 0 Å². The third-order valence-corrected chi connectivity index (χ3v) is 3.87. The smallest absolute Gasteiger partial charge is 0.408 e. The number of benzene rings is 1. The molecule has 1 saturated heterocycles. The Morgan fingerprint density at radius 3 is 2.52 bits per heavy atom. The van der Waals surface area contributed by atoms with Gasteiger partial charge in [-0.3, -0.25) is 4.79 Å². The Hall–Kier alpha value is -2.31. The summed E-state index contributed by atoms with van der Waals surface area (Å²) in [6.45, 7) is 6.43. The van der Waals surface area contributed by atoms with Crippen molar-refractivity contribution in [3.8, 4) is 5.75 Å². The van der Waals surface area contributed by atoms with Gasteiger partial charge in [-0.1, -0.05) is 6.07 Å². The lowest BCUT2D eigenvalue weighted by atomic mass is 10.0. The number of hydrogen-bond acceptors (Lipinski definition) is 4. The number of alkyl carbamates (subject to hydrolysis) is 1. The molecule has 6 nitrogen and oxygen atoms in total. The third-order valence-electron chi connectivity index (χ3n) is 3.87. The normalized spacial score (nSPS) is 15.8. The number of ether oxygens (including phenoxy) is 1. The second kappa shape index (κ2) is 7.72. The molecule has 0 aromatic heterocycles. The number of aromatic hydroxyl groups is 1. The summed E-state index contributed by atoms with van der Waals surface area (Å²) in [4.78, 5) is 26.5. The van der Waals surface area contributed by atoms with Crippen molar-refractivity contribution in [2.75, 3.05) is 13.1 Å². The summed E-state index contributed by atoms with van der Waals surface area (Å²) in [6, 6.07) is 2.82. The van der Waals surface area contributed by atoms with Crippen molar-refractivity contribution in [2.45, 2.75) is 51.7 Å².